The summed E-state index contributed by atoms with van der Waals surface area (Å²) in [6.07, 6.45) is 5.00. The summed E-state index contributed by atoms with van der Waals surface area (Å²) in [6, 6.07) is 3.36. The van der Waals surface area contributed by atoms with Gasteiger partial charge in [-0.2, -0.15) is 0 Å². The number of fused-ring (bicyclic) bond motifs is 1. The molecule has 30 heavy (non-hydrogen) atoms. The van der Waals surface area contributed by atoms with Crippen LogP contribution >= 0.6 is 11.3 Å². The Morgan fingerprint density at radius 2 is 1.67 bits per heavy atom. The van der Waals surface area contributed by atoms with Crippen LogP contribution in [0, 0.1) is 32.6 Å². The predicted molar refractivity (Wildman–Crippen MR) is 117 cm³/mol. The highest BCUT2D eigenvalue weighted by atomic mass is 32.1. The second-order valence-corrected chi connectivity index (χ2v) is 9.01. The number of nitrogens with zero attached hydrogens (tertiary/aromatic N) is 2. The molecule has 3 atom stereocenters. The topological polar surface area (TPSA) is 79.4 Å². The fourth-order valence-corrected chi connectivity index (χ4v) is 4.94. The first kappa shape index (κ1) is 20.5. The van der Waals surface area contributed by atoms with Crippen molar-refractivity contribution in [3.8, 4) is 11.3 Å². The van der Waals surface area contributed by atoms with E-state index in [1.165, 1.54) is 22.5 Å². The third-order valence-electron chi connectivity index (χ3n) is 6.16. The van der Waals surface area contributed by atoms with Gasteiger partial charge in [-0.1, -0.05) is 18.2 Å². The van der Waals surface area contributed by atoms with E-state index < -0.39 is 11.9 Å². The molecule has 156 valence electrons. The highest BCUT2D eigenvalue weighted by Crippen LogP contribution is 2.36. The number of rotatable bonds is 4. The summed E-state index contributed by atoms with van der Waals surface area (Å²) in [5.74, 6) is -1.57. The van der Waals surface area contributed by atoms with E-state index in [1.54, 1.807) is 6.92 Å². The van der Waals surface area contributed by atoms with Crippen molar-refractivity contribution < 1.29 is 14.4 Å². The summed E-state index contributed by atoms with van der Waals surface area (Å²) in [5.41, 5.74) is 5.37. The van der Waals surface area contributed by atoms with Crippen LogP contribution in [-0.4, -0.2) is 33.6 Å². The van der Waals surface area contributed by atoms with Crippen molar-refractivity contribution in [3.05, 3.63) is 46.4 Å². The van der Waals surface area contributed by atoms with Gasteiger partial charge in [0.05, 0.1) is 17.5 Å². The van der Waals surface area contributed by atoms with E-state index in [2.05, 4.69) is 36.3 Å². The Labute approximate surface area is 180 Å². The molecule has 6 nitrogen and oxygen atoms in total. The molecule has 0 unspecified atom stereocenters. The number of carbonyl (C=O) groups excluding carboxylic acids is 3. The standard InChI is InChI=1S/C23H25N3O3S/c1-12-9-14(3)18(10-13(12)2)19-11-30-23(24-19)25-20(27)15(4)26-21(28)16-7-5-6-8-17(16)22(26)29/h5-6,9-11,15-17H,7-8H2,1-4H3,(H,24,25,27)/t15-,16-,17+/m0/s1. The second-order valence-electron chi connectivity index (χ2n) is 8.16. The van der Waals surface area contributed by atoms with Gasteiger partial charge in [0.2, 0.25) is 17.7 Å². The molecule has 1 aliphatic heterocycles. The van der Waals surface area contributed by atoms with Crippen molar-refractivity contribution >= 4 is 34.2 Å². The number of nitrogens with one attached hydrogen (secondary N) is 1. The lowest BCUT2D eigenvalue weighted by Crippen LogP contribution is -2.46. The molecule has 3 amide bonds. The number of imide groups is 1. The zero-order valence-corrected chi connectivity index (χ0v) is 18.4. The van der Waals surface area contributed by atoms with E-state index in [0.29, 0.717) is 18.0 Å². The Balaban J connectivity index is 1.49. The van der Waals surface area contributed by atoms with Crippen LogP contribution in [0.4, 0.5) is 5.13 Å². The van der Waals surface area contributed by atoms with Crippen molar-refractivity contribution in [1.29, 1.82) is 0 Å². The average molecular weight is 424 g/mol. The fraction of sp³-hybridized carbons (Fsp3) is 0.391. The highest BCUT2D eigenvalue weighted by Gasteiger charge is 2.50. The molecule has 2 aromatic rings. The zero-order chi connectivity index (χ0) is 21.6. The normalized spacial score (nSPS) is 21.7. The number of hydrogen-bond donors (Lipinski definition) is 1. The number of anilines is 1. The minimum Gasteiger partial charge on any atom is -0.300 e. The Kier molecular flexibility index (Phi) is 5.32. The van der Waals surface area contributed by atoms with Crippen LogP contribution < -0.4 is 5.32 Å². The van der Waals surface area contributed by atoms with E-state index in [-0.39, 0.29) is 23.7 Å². The minimum absolute atomic E-state index is 0.248. The quantitative estimate of drug-likeness (QED) is 0.595. The molecule has 0 saturated carbocycles. The summed E-state index contributed by atoms with van der Waals surface area (Å²) < 4.78 is 0. The van der Waals surface area contributed by atoms with Crippen LogP contribution in [0.3, 0.4) is 0 Å². The lowest BCUT2D eigenvalue weighted by molar-refractivity contribution is -0.146. The van der Waals surface area contributed by atoms with Gasteiger partial charge in [-0.3, -0.25) is 19.3 Å². The largest absolute Gasteiger partial charge is 0.300 e. The molecule has 0 radical (unpaired) electrons. The number of carbonyl (C=O) groups is 3. The van der Waals surface area contributed by atoms with Crippen LogP contribution in [-0.2, 0) is 14.4 Å². The molecule has 1 aromatic heterocycles. The molecule has 1 saturated heterocycles. The van der Waals surface area contributed by atoms with Gasteiger partial charge in [0.15, 0.2) is 5.13 Å². The van der Waals surface area contributed by atoms with Gasteiger partial charge in [0.1, 0.15) is 6.04 Å². The van der Waals surface area contributed by atoms with Crippen LogP contribution in [0.2, 0.25) is 0 Å². The van der Waals surface area contributed by atoms with E-state index in [0.717, 1.165) is 21.7 Å². The van der Waals surface area contributed by atoms with E-state index >= 15 is 0 Å². The predicted octanol–water partition coefficient (Wildman–Crippen LogP) is 4.01. The van der Waals surface area contributed by atoms with E-state index in [1.807, 2.05) is 24.5 Å². The molecule has 2 aliphatic rings. The van der Waals surface area contributed by atoms with Gasteiger partial charge < -0.3 is 5.32 Å². The number of thiazole rings is 1. The summed E-state index contributed by atoms with van der Waals surface area (Å²) in [4.78, 5) is 43.9. The van der Waals surface area contributed by atoms with Crippen LogP contribution in [0.15, 0.2) is 29.7 Å². The SMILES string of the molecule is Cc1cc(C)c(-c2csc(NC(=O)[C@H](C)N3C(=O)[C@H]4CC=CC[C@H]4C3=O)n2)cc1C. The molecular weight excluding hydrogens is 398 g/mol. The molecule has 0 spiro atoms. The van der Waals surface area contributed by atoms with E-state index in [9.17, 15) is 14.4 Å². The number of hydrogen-bond acceptors (Lipinski definition) is 5. The third-order valence-corrected chi connectivity index (χ3v) is 6.92. The number of allylic oxidation sites excluding steroid dienone is 2. The first-order valence-corrected chi connectivity index (χ1v) is 11.0. The van der Waals surface area contributed by atoms with Crippen molar-refractivity contribution in [3.63, 3.8) is 0 Å². The lowest BCUT2D eigenvalue weighted by atomic mass is 9.85. The maximum absolute atomic E-state index is 12.8. The average Bonchev–Trinajstić information content (AvgIpc) is 3.27. The number of aryl methyl sites for hydroxylation is 3. The van der Waals surface area contributed by atoms with Crippen molar-refractivity contribution in [1.82, 2.24) is 9.88 Å². The third kappa shape index (κ3) is 3.47. The highest BCUT2D eigenvalue weighted by molar-refractivity contribution is 7.14. The molecule has 0 bridgehead atoms. The maximum atomic E-state index is 12.8. The second kappa shape index (κ2) is 7.80. The minimum atomic E-state index is -0.869. The Hall–Kier alpha value is -2.80. The van der Waals surface area contributed by atoms with Gasteiger partial charge in [-0.05, 0) is 63.3 Å². The molecular formula is C23H25N3O3S. The number of aromatic nitrogens is 1. The maximum Gasteiger partial charge on any atom is 0.249 e. The van der Waals surface area contributed by atoms with Crippen molar-refractivity contribution in [2.45, 2.75) is 46.6 Å². The Bertz CT molecular complexity index is 1050. The monoisotopic (exact) mass is 423 g/mol. The van der Waals surface area contributed by atoms with Gasteiger partial charge in [-0.25, -0.2) is 4.98 Å². The molecule has 1 aliphatic carbocycles. The first-order chi connectivity index (χ1) is 14.3. The molecule has 7 heteroatoms. The molecule has 1 fully saturated rings. The first-order valence-electron chi connectivity index (χ1n) is 10.1. The van der Waals surface area contributed by atoms with Gasteiger partial charge in [0.25, 0.3) is 0 Å². The fourth-order valence-electron chi connectivity index (χ4n) is 4.23. The Morgan fingerprint density at radius 3 is 2.30 bits per heavy atom. The van der Waals surface area contributed by atoms with Crippen molar-refractivity contribution in [2.75, 3.05) is 5.32 Å². The summed E-state index contributed by atoms with van der Waals surface area (Å²) in [7, 11) is 0. The zero-order valence-electron chi connectivity index (χ0n) is 17.6. The van der Waals surface area contributed by atoms with Crippen LogP contribution in [0.25, 0.3) is 11.3 Å². The van der Waals surface area contributed by atoms with Crippen molar-refractivity contribution in [2.24, 2.45) is 11.8 Å². The summed E-state index contributed by atoms with van der Waals surface area (Å²) in [6.45, 7) is 7.78. The smallest absolute Gasteiger partial charge is 0.249 e. The van der Waals surface area contributed by atoms with Crippen LogP contribution in [0.1, 0.15) is 36.5 Å². The Morgan fingerprint density at radius 1 is 1.07 bits per heavy atom. The molecule has 1 aromatic carbocycles. The molecule has 1 N–H and O–H groups in total. The number of likely N-dealkylation sites (tertiary alicyclic amines) is 1. The lowest BCUT2D eigenvalue weighted by Gasteiger charge is -2.21. The van der Waals surface area contributed by atoms with E-state index in [4.69, 9.17) is 0 Å². The summed E-state index contributed by atoms with van der Waals surface area (Å²) >= 11 is 1.33. The van der Waals surface area contributed by atoms with Gasteiger partial charge in [0, 0.05) is 10.9 Å². The number of benzene rings is 1. The molecule has 2 heterocycles. The van der Waals surface area contributed by atoms with Gasteiger partial charge in [-0.15, -0.1) is 11.3 Å². The van der Waals surface area contributed by atoms with Gasteiger partial charge >= 0.3 is 0 Å². The van der Waals surface area contributed by atoms with Crippen LogP contribution in [0.5, 0.6) is 0 Å². The number of amides is 3. The summed E-state index contributed by atoms with van der Waals surface area (Å²) in [5, 5.41) is 5.15. The molecule has 4 rings (SSSR count).